The maximum absolute atomic E-state index is 12.0. The van der Waals surface area contributed by atoms with E-state index in [0.717, 1.165) is 31.9 Å². The highest BCUT2D eigenvalue weighted by atomic mass is 16.2. The molecule has 1 saturated heterocycles. The molecule has 0 bridgehead atoms. The minimum Gasteiger partial charge on any atom is -0.345 e. The van der Waals surface area contributed by atoms with E-state index < -0.39 is 0 Å². The zero-order chi connectivity index (χ0) is 17.7. The fraction of sp³-hybridized carbons (Fsp3) is 0.778. The van der Waals surface area contributed by atoms with Gasteiger partial charge in [0.2, 0.25) is 0 Å². The number of likely N-dealkylation sites (tertiary alicyclic amines) is 1. The van der Waals surface area contributed by atoms with Crippen LogP contribution < -0.4 is 5.32 Å². The Bertz CT molecular complexity index is 525. The Hall–Kier alpha value is -1.56. The van der Waals surface area contributed by atoms with Gasteiger partial charge in [-0.25, -0.2) is 9.78 Å². The predicted octanol–water partition coefficient (Wildman–Crippen LogP) is 2.48. The summed E-state index contributed by atoms with van der Waals surface area (Å²) in [5.74, 6) is 2.12. The summed E-state index contributed by atoms with van der Waals surface area (Å²) in [4.78, 5) is 24.0. The Labute approximate surface area is 146 Å². The molecule has 1 aromatic rings. The van der Waals surface area contributed by atoms with Gasteiger partial charge in [-0.1, -0.05) is 27.2 Å². The molecule has 2 heterocycles. The van der Waals surface area contributed by atoms with Crippen LogP contribution in [0.1, 0.15) is 45.1 Å². The number of aromatic amines is 1. The van der Waals surface area contributed by atoms with E-state index >= 15 is 0 Å². The zero-order valence-electron chi connectivity index (χ0n) is 15.8. The summed E-state index contributed by atoms with van der Waals surface area (Å²) in [6.07, 6.45) is 5.34. The van der Waals surface area contributed by atoms with Gasteiger partial charge in [0, 0.05) is 58.1 Å². The monoisotopic (exact) mass is 335 g/mol. The largest absolute Gasteiger partial charge is 0.345 e. The van der Waals surface area contributed by atoms with Crippen molar-refractivity contribution in [3.05, 3.63) is 17.7 Å². The molecule has 2 rings (SSSR count). The van der Waals surface area contributed by atoms with Crippen LogP contribution in [0.3, 0.4) is 0 Å². The van der Waals surface area contributed by atoms with Crippen LogP contribution in [-0.4, -0.2) is 59.0 Å². The van der Waals surface area contributed by atoms with Gasteiger partial charge in [0.15, 0.2) is 0 Å². The van der Waals surface area contributed by atoms with E-state index in [2.05, 4.69) is 41.0 Å². The lowest BCUT2D eigenvalue weighted by Gasteiger charge is -2.24. The quantitative estimate of drug-likeness (QED) is 0.804. The number of imidazole rings is 1. The number of aryl methyl sites for hydroxylation is 1. The minimum absolute atomic E-state index is 0.00380. The lowest BCUT2D eigenvalue weighted by atomic mass is 9.91. The molecular weight excluding hydrogens is 302 g/mol. The van der Waals surface area contributed by atoms with Gasteiger partial charge in [-0.2, -0.15) is 0 Å². The lowest BCUT2D eigenvalue weighted by molar-refractivity contribution is 0.207. The molecule has 24 heavy (non-hydrogen) atoms. The molecule has 2 amide bonds. The maximum Gasteiger partial charge on any atom is 0.317 e. The molecule has 0 unspecified atom stereocenters. The van der Waals surface area contributed by atoms with Crippen molar-refractivity contribution in [2.24, 2.45) is 11.8 Å². The van der Waals surface area contributed by atoms with Crippen LogP contribution in [-0.2, 0) is 13.0 Å². The Morgan fingerprint density at radius 1 is 1.46 bits per heavy atom. The first-order chi connectivity index (χ1) is 11.4. The third-order valence-corrected chi connectivity index (χ3v) is 4.85. The molecule has 2 atom stereocenters. The molecule has 6 nitrogen and oxygen atoms in total. The van der Waals surface area contributed by atoms with E-state index in [1.165, 1.54) is 18.5 Å². The zero-order valence-corrected chi connectivity index (χ0v) is 15.8. The van der Waals surface area contributed by atoms with E-state index in [9.17, 15) is 4.79 Å². The number of carbonyl (C=O) groups excluding carboxylic acids is 1. The van der Waals surface area contributed by atoms with Crippen LogP contribution in [0.25, 0.3) is 0 Å². The fourth-order valence-electron chi connectivity index (χ4n) is 3.36. The molecule has 1 aromatic heterocycles. The summed E-state index contributed by atoms with van der Waals surface area (Å²) in [6, 6.07) is 0.207. The van der Waals surface area contributed by atoms with Crippen molar-refractivity contribution < 1.29 is 4.79 Å². The second-order valence-corrected chi connectivity index (χ2v) is 7.51. The normalized spacial score (nSPS) is 21.4. The average molecular weight is 335 g/mol. The number of urea groups is 1. The van der Waals surface area contributed by atoms with Gasteiger partial charge in [-0.3, -0.25) is 4.90 Å². The molecule has 0 saturated carbocycles. The second-order valence-electron chi connectivity index (χ2n) is 7.51. The van der Waals surface area contributed by atoms with Gasteiger partial charge in [-0.15, -0.1) is 0 Å². The van der Waals surface area contributed by atoms with Crippen molar-refractivity contribution in [1.82, 2.24) is 25.1 Å². The SMILES string of the molecule is CCCCc1ncc(CN2C[C@@H](NC(=O)N(C)C)[C@H](C(C)C)C2)[nH]1. The molecular formula is C18H33N5O. The first-order valence-electron chi connectivity index (χ1n) is 9.13. The lowest BCUT2D eigenvalue weighted by Crippen LogP contribution is -2.46. The highest BCUT2D eigenvalue weighted by Gasteiger charge is 2.35. The topological polar surface area (TPSA) is 64.3 Å². The number of hydrogen-bond acceptors (Lipinski definition) is 3. The van der Waals surface area contributed by atoms with Crippen LogP contribution in [0.4, 0.5) is 4.79 Å². The van der Waals surface area contributed by atoms with Crippen molar-refractivity contribution in [3.8, 4) is 0 Å². The van der Waals surface area contributed by atoms with Gasteiger partial charge in [0.05, 0.1) is 0 Å². The third kappa shape index (κ3) is 4.97. The van der Waals surface area contributed by atoms with E-state index in [0.29, 0.717) is 11.8 Å². The van der Waals surface area contributed by atoms with Crippen molar-refractivity contribution >= 4 is 6.03 Å². The summed E-state index contributed by atoms with van der Waals surface area (Å²) >= 11 is 0. The summed E-state index contributed by atoms with van der Waals surface area (Å²) in [5, 5.41) is 3.18. The highest BCUT2D eigenvalue weighted by molar-refractivity contribution is 5.73. The molecule has 0 spiro atoms. The summed E-state index contributed by atoms with van der Waals surface area (Å²) in [6.45, 7) is 9.45. The Morgan fingerprint density at radius 2 is 2.21 bits per heavy atom. The molecule has 0 radical (unpaired) electrons. The molecule has 1 fully saturated rings. The summed E-state index contributed by atoms with van der Waals surface area (Å²) in [5.41, 5.74) is 1.17. The number of H-pyrrole nitrogens is 1. The highest BCUT2D eigenvalue weighted by Crippen LogP contribution is 2.25. The van der Waals surface area contributed by atoms with Crippen LogP contribution in [0.15, 0.2) is 6.20 Å². The van der Waals surface area contributed by atoms with Gasteiger partial charge >= 0.3 is 6.03 Å². The first kappa shape index (κ1) is 18.8. The standard InChI is InChI=1S/C18H33N5O/c1-6-7-8-17-19-9-14(20-17)10-23-11-15(13(2)3)16(12-23)21-18(24)22(4)5/h9,13,15-16H,6-8,10-12H2,1-5H3,(H,19,20)(H,21,24)/t15-,16+/m0/s1. The summed E-state index contributed by atoms with van der Waals surface area (Å²) < 4.78 is 0. The van der Waals surface area contributed by atoms with Crippen molar-refractivity contribution in [3.63, 3.8) is 0 Å². The molecule has 6 heteroatoms. The third-order valence-electron chi connectivity index (χ3n) is 4.85. The average Bonchev–Trinajstić information content (AvgIpc) is 3.12. The van der Waals surface area contributed by atoms with Crippen molar-refractivity contribution in [2.75, 3.05) is 27.2 Å². The van der Waals surface area contributed by atoms with Crippen LogP contribution in [0.2, 0.25) is 0 Å². The smallest absolute Gasteiger partial charge is 0.317 e. The van der Waals surface area contributed by atoms with Gasteiger partial charge in [-0.05, 0) is 18.3 Å². The van der Waals surface area contributed by atoms with Crippen LogP contribution >= 0.6 is 0 Å². The molecule has 1 aliphatic rings. The fourth-order valence-corrected chi connectivity index (χ4v) is 3.36. The minimum atomic E-state index is -0.00380. The maximum atomic E-state index is 12.0. The number of aromatic nitrogens is 2. The number of rotatable bonds is 7. The van der Waals surface area contributed by atoms with Crippen molar-refractivity contribution in [1.29, 1.82) is 0 Å². The molecule has 0 aliphatic carbocycles. The van der Waals surface area contributed by atoms with Gasteiger partial charge in [0.25, 0.3) is 0 Å². The Balaban J connectivity index is 1.94. The van der Waals surface area contributed by atoms with E-state index in [4.69, 9.17) is 0 Å². The number of amides is 2. The number of nitrogens with zero attached hydrogens (tertiary/aromatic N) is 3. The number of carbonyl (C=O) groups is 1. The molecule has 136 valence electrons. The van der Waals surface area contributed by atoms with Crippen LogP contribution in [0, 0.1) is 11.8 Å². The number of nitrogens with one attached hydrogen (secondary N) is 2. The van der Waals surface area contributed by atoms with Gasteiger partial charge in [0.1, 0.15) is 5.82 Å². The first-order valence-corrected chi connectivity index (χ1v) is 9.13. The van der Waals surface area contributed by atoms with E-state index in [-0.39, 0.29) is 12.1 Å². The van der Waals surface area contributed by atoms with Crippen molar-refractivity contribution in [2.45, 2.75) is 52.6 Å². The van der Waals surface area contributed by atoms with Gasteiger partial charge < -0.3 is 15.2 Å². The number of hydrogen-bond donors (Lipinski definition) is 2. The van der Waals surface area contributed by atoms with E-state index in [1.54, 1.807) is 19.0 Å². The molecule has 0 aromatic carbocycles. The number of unbranched alkanes of at least 4 members (excludes halogenated alkanes) is 1. The molecule has 2 N–H and O–H groups in total. The van der Waals surface area contributed by atoms with E-state index in [1.807, 2.05) is 6.20 Å². The van der Waals surface area contributed by atoms with Crippen LogP contribution in [0.5, 0.6) is 0 Å². The molecule has 1 aliphatic heterocycles. The Morgan fingerprint density at radius 3 is 2.83 bits per heavy atom. The second kappa shape index (κ2) is 8.51. The Kier molecular flexibility index (Phi) is 6.66. The predicted molar refractivity (Wildman–Crippen MR) is 96.8 cm³/mol. The summed E-state index contributed by atoms with van der Waals surface area (Å²) in [7, 11) is 3.57.